The summed E-state index contributed by atoms with van der Waals surface area (Å²) in [5.41, 5.74) is 0. The van der Waals surface area contributed by atoms with Gasteiger partial charge >= 0.3 is 0 Å². The lowest BCUT2D eigenvalue weighted by Gasteiger charge is -2.18. The van der Waals surface area contributed by atoms with Crippen molar-refractivity contribution >= 4 is 11.8 Å². The van der Waals surface area contributed by atoms with Crippen molar-refractivity contribution in [2.24, 2.45) is 11.8 Å². The molecular weight excluding hydrogens is 160 g/mol. The number of hydrogen-bond acceptors (Lipinski definition) is 3. The minimum Gasteiger partial charge on any atom is -0.396 e. The van der Waals surface area contributed by atoms with Gasteiger partial charge in [-0.3, -0.25) is 0 Å². The number of methoxy groups -OCH3 is 1. The largest absolute Gasteiger partial charge is 0.396 e. The van der Waals surface area contributed by atoms with Crippen molar-refractivity contribution in [3.63, 3.8) is 0 Å². The Morgan fingerprint density at radius 2 is 2.55 bits per heavy atom. The highest BCUT2D eigenvalue weighted by Crippen LogP contribution is 2.29. The Labute approximate surface area is 72.3 Å². The van der Waals surface area contributed by atoms with E-state index in [2.05, 4.69) is 0 Å². The molecule has 2 nitrogen and oxygen atoms in total. The molecule has 2 atom stereocenters. The Kier molecular flexibility index (Phi) is 4.26. The minimum atomic E-state index is 0.277. The highest BCUT2D eigenvalue weighted by Gasteiger charge is 2.24. The van der Waals surface area contributed by atoms with Gasteiger partial charge < -0.3 is 9.84 Å². The average Bonchev–Trinajstić information content (AvgIpc) is 2.52. The van der Waals surface area contributed by atoms with Gasteiger partial charge in [-0.1, -0.05) is 0 Å². The number of aliphatic hydroxyl groups is 1. The topological polar surface area (TPSA) is 29.5 Å². The lowest BCUT2D eigenvalue weighted by atomic mass is 9.93. The number of thioether (sulfide) groups is 1. The minimum absolute atomic E-state index is 0.277. The number of aliphatic hydroxyl groups excluding tert-OH is 1. The third-order valence-corrected chi connectivity index (χ3v) is 3.44. The van der Waals surface area contributed by atoms with E-state index in [0.29, 0.717) is 18.4 Å². The Morgan fingerprint density at radius 3 is 3.00 bits per heavy atom. The molecule has 1 saturated heterocycles. The molecule has 0 saturated carbocycles. The van der Waals surface area contributed by atoms with Crippen LogP contribution in [0.1, 0.15) is 6.42 Å². The van der Waals surface area contributed by atoms with E-state index in [1.807, 2.05) is 11.8 Å². The second kappa shape index (κ2) is 5.01. The molecular formula is C8H16O2S. The van der Waals surface area contributed by atoms with Crippen LogP contribution in [0.4, 0.5) is 0 Å². The van der Waals surface area contributed by atoms with E-state index in [1.165, 1.54) is 17.9 Å². The van der Waals surface area contributed by atoms with Gasteiger partial charge in [-0.25, -0.2) is 0 Å². The SMILES string of the molecule is COCC(CO)C1CCSC1. The molecule has 1 N–H and O–H groups in total. The summed E-state index contributed by atoms with van der Waals surface area (Å²) in [4.78, 5) is 0. The zero-order valence-electron chi connectivity index (χ0n) is 6.95. The summed E-state index contributed by atoms with van der Waals surface area (Å²) in [7, 11) is 1.70. The van der Waals surface area contributed by atoms with Crippen molar-refractivity contribution in [2.45, 2.75) is 6.42 Å². The first kappa shape index (κ1) is 9.36. The average molecular weight is 176 g/mol. The van der Waals surface area contributed by atoms with Gasteiger partial charge in [0, 0.05) is 19.6 Å². The summed E-state index contributed by atoms with van der Waals surface area (Å²) in [5.74, 6) is 3.51. The first-order valence-corrected chi connectivity index (χ1v) is 5.21. The van der Waals surface area contributed by atoms with Crippen LogP contribution in [0.3, 0.4) is 0 Å². The summed E-state index contributed by atoms with van der Waals surface area (Å²) in [6.07, 6.45) is 1.25. The fraction of sp³-hybridized carbons (Fsp3) is 1.00. The Morgan fingerprint density at radius 1 is 1.73 bits per heavy atom. The molecule has 0 radical (unpaired) electrons. The molecule has 66 valence electrons. The van der Waals surface area contributed by atoms with Gasteiger partial charge in [0.05, 0.1) is 6.61 Å². The van der Waals surface area contributed by atoms with Crippen LogP contribution in [-0.4, -0.2) is 36.9 Å². The van der Waals surface area contributed by atoms with Gasteiger partial charge in [0.15, 0.2) is 0 Å². The van der Waals surface area contributed by atoms with Gasteiger partial charge in [0.2, 0.25) is 0 Å². The van der Waals surface area contributed by atoms with Crippen molar-refractivity contribution in [3.05, 3.63) is 0 Å². The third kappa shape index (κ3) is 2.65. The van der Waals surface area contributed by atoms with Gasteiger partial charge in [-0.15, -0.1) is 0 Å². The maximum absolute atomic E-state index is 9.03. The maximum Gasteiger partial charge on any atom is 0.0515 e. The normalized spacial score (nSPS) is 27.3. The molecule has 3 heteroatoms. The number of rotatable bonds is 4. The molecule has 2 unspecified atom stereocenters. The molecule has 1 rings (SSSR count). The summed E-state index contributed by atoms with van der Waals surface area (Å²) in [6.45, 7) is 0.987. The maximum atomic E-state index is 9.03. The van der Waals surface area contributed by atoms with Gasteiger partial charge in [0.25, 0.3) is 0 Å². The monoisotopic (exact) mass is 176 g/mol. The van der Waals surface area contributed by atoms with Crippen LogP contribution in [0, 0.1) is 11.8 Å². The molecule has 0 spiro atoms. The molecule has 11 heavy (non-hydrogen) atoms. The lowest BCUT2D eigenvalue weighted by molar-refractivity contribution is 0.0821. The van der Waals surface area contributed by atoms with E-state index in [0.717, 1.165) is 0 Å². The fourth-order valence-electron chi connectivity index (χ4n) is 1.48. The van der Waals surface area contributed by atoms with Gasteiger partial charge in [-0.2, -0.15) is 11.8 Å². The van der Waals surface area contributed by atoms with E-state index in [9.17, 15) is 0 Å². The molecule has 0 aliphatic carbocycles. The van der Waals surface area contributed by atoms with Crippen molar-refractivity contribution in [2.75, 3.05) is 31.8 Å². The molecule has 0 aromatic rings. The van der Waals surface area contributed by atoms with E-state index < -0.39 is 0 Å². The van der Waals surface area contributed by atoms with Crippen LogP contribution in [0.25, 0.3) is 0 Å². The van der Waals surface area contributed by atoms with Crippen LogP contribution in [0.2, 0.25) is 0 Å². The van der Waals surface area contributed by atoms with E-state index in [-0.39, 0.29) is 6.61 Å². The van der Waals surface area contributed by atoms with Crippen LogP contribution in [0.5, 0.6) is 0 Å². The van der Waals surface area contributed by atoms with Crippen LogP contribution < -0.4 is 0 Å². The van der Waals surface area contributed by atoms with Crippen LogP contribution in [-0.2, 0) is 4.74 Å². The Bertz CT molecular complexity index is 102. The summed E-state index contributed by atoms with van der Waals surface area (Å²) in [5, 5.41) is 9.03. The molecule has 1 aliphatic rings. The van der Waals surface area contributed by atoms with Gasteiger partial charge in [0.1, 0.15) is 0 Å². The summed E-state index contributed by atoms with van der Waals surface area (Å²) >= 11 is 1.99. The highest BCUT2D eigenvalue weighted by atomic mass is 32.2. The number of ether oxygens (including phenoxy) is 1. The fourth-order valence-corrected chi connectivity index (χ4v) is 2.85. The van der Waals surface area contributed by atoms with Gasteiger partial charge in [-0.05, 0) is 23.8 Å². The van der Waals surface area contributed by atoms with Crippen molar-refractivity contribution in [1.29, 1.82) is 0 Å². The third-order valence-electron chi connectivity index (χ3n) is 2.25. The quantitative estimate of drug-likeness (QED) is 0.693. The standard InChI is InChI=1S/C8H16O2S/c1-10-5-8(4-9)7-2-3-11-6-7/h7-9H,2-6H2,1H3. The number of hydrogen-bond donors (Lipinski definition) is 1. The van der Waals surface area contributed by atoms with Crippen LogP contribution in [0.15, 0.2) is 0 Å². The second-order valence-electron chi connectivity index (χ2n) is 3.02. The predicted molar refractivity (Wildman–Crippen MR) is 47.9 cm³/mol. The molecule has 0 amide bonds. The predicted octanol–water partition coefficient (Wildman–Crippen LogP) is 0.994. The molecule has 0 aromatic heterocycles. The second-order valence-corrected chi connectivity index (χ2v) is 4.17. The molecule has 0 aromatic carbocycles. The first-order valence-electron chi connectivity index (χ1n) is 4.06. The molecule has 1 heterocycles. The van der Waals surface area contributed by atoms with Crippen LogP contribution >= 0.6 is 11.8 Å². The highest BCUT2D eigenvalue weighted by molar-refractivity contribution is 7.99. The van der Waals surface area contributed by atoms with E-state index in [4.69, 9.17) is 9.84 Å². The summed E-state index contributed by atoms with van der Waals surface area (Å²) in [6, 6.07) is 0. The lowest BCUT2D eigenvalue weighted by Crippen LogP contribution is -2.22. The smallest absolute Gasteiger partial charge is 0.0515 e. The van der Waals surface area contributed by atoms with E-state index in [1.54, 1.807) is 7.11 Å². The molecule has 1 fully saturated rings. The molecule has 1 aliphatic heterocycles. The Hall–Kier alpha value is 0.270. The Balaban J connectivity index is 2.27. The summed E-state index contributed by atoms with van der Waals surface area (Å²) < 4.78 is 5.04. The molecule has 0 bridgehead atoms. The zero-order valence-corrected chi connectivity index (χ0v) is 7.77. The van der Waals surface area contributed by atoms with Crippen molar-refractivity contribution in [1.82, 2.24) is 0 Å². The zero-order chi connectivity index (χ0) is 8.10. The van der Waals surface area contributed by atoms with Crippen molar-refractivity contribution < 1.29 is 9.84 Å². The van der Waals surface area contributed by atoms with Crippen molar-refractivity contribution in [3.8, 4) is 0 Å². The first-order chi connectivity index (χ1) is 5.38. The van der Waals surface area contributed by atoms with E-state index >= 15 is 0 Å².